The predicted molar refractivity (Wildman–Crippen MR) is 116 cm³/mol. The summed E-state index contributed by atoms with van der Waals surface area (Å²) in [5.41, 5.74) is -1.04. The fourth-order valence-electron chi connectivity index (χ4n) is 3.51. The summed E-state index contributed by atoms with van der Waals surface area (Å²) in [4.78, 5) is 22.1. The number of amides is 1. The van der Waals surface area contributed by atoms with E-state index >= 15 is 4.39 Å². The molecule has 7 nitrogen and oxygen atoms in total. The van der Waals surface area contributed by atoms with Crippen LogP contribution in [0.1, 0.15) is 56.0 Å². The van der Waals surface area contributed by atoms with E-state index in [2.05, 4.69) is 20.6 Å². The maximum Gasteiger partial charge on any atom is 0.421 e. The SMILES string of the molecule is CCNc1nc(Nc2ccc(C(=O)N3CCCCC3)c(F)c2OC(C)C)ncc1C(F)(F)F. The lowest BCUT2D eigenvalue weighted by Crippen LogP contribution is -2.36. The van der Waals surface area contributed by atoms with Crippen molar-refractivity contribution < 1.29 is 27.1 Å². The maximum atomic E-state index is 15.4. The molecule has 0 atom stereocenters. The van der Waals surface area contributed by atoms with Gasteiger partial charge in [0, 0.05) is 25.8 Å². The molecule has 0 radical (unpaired) electrons. The number of halogens is 4. The van der Waals surface area contributed by atoms with Crippen LogP contribution in [-0.4, -0.2) is 46.5 Å². The molecule has 0 unspecified atom stereocenters. The molecule has 2 N–H and O–H groups in total. The quantitative estimate of drug-likeness (QED) is 0.541. The molecule has 0 saturated carbocycles. The maximum absolute atomic E-state index is 15.4. The van der Waals surface area contributed by atoms with Crippen molar-refractivity contribution in [3.8, 4) is 5.75 Å². The van der Waals surface area contributed by atoms with Gasteiger partial charge in [-0.15, -0.1) is 0 Å². The van der Waals surface area contributed by atoms with Gasteiger partial charge in [0.1, 0.15) is 11.4 Å². The zero-order valence-electron chi connectivity index (χ0n) is 18.7. The number of carbonyl (C=O) groups excluding carboxylic acids is 1. The van der Waals surface area contributed by atoms with E-state index in [9.17, 15) is 18.0 Å². The van der Waals surface area contributed by atoms with Gasteiger partial charge >= 0.3 is 6.18 Å². The van der Waals surface area contributed by atoms with Crippen LogP contribution in [0.4, 0.5) is 35.0 Å². The van der Waals surface area contributed by atoms with E-state index in [0.717, 1.165) is 19.3 Å². The normalized spacial score (nSPS) is 14.4. The Hall–Kier alpha value is -3.11. The number of alkyl halides is 3. The van der Waals surface area contributed by atoms with Crippen LogP contribution in [0.2, 0.25) is 0 Å². The van der Waals surface area contributed by atoms with E-state index in [0.29, 0.717) is 19.3 Å². The van der Waals surface area contributed by atoms with E-state index < -0.39 is 35.4 Å². The molecule has 1 aromatic heterocycles. The first-order chi connectivity index (χ1) is 15.6. The fourth-order valence-corrected chi connectivity index (χ4v) is 3.51. The largest absolute Gasteiger partial charge is 0.486 e. The standard InChI is InChI=1S/C22H27F4N5O2/c1-4-27-19-15(22(24,25)26)12-28-21(30-19)29-16-9-8-14(17(23)18(16)33-13(2)3)20(32)31-10-6-5-7-11-31/h8-9,12-13H,4-7,10-11H2,1-3H3,(H2,27,28,29,30). The minimum absolute atomic E-state index is 0.0959. The zero-order chi connectivity index (χ0) is 24.2. The van der Waals surface area contributed by atoms with E-state index in [1.54, 1.807) is 25.7 Å². The van der Waals surface area contributed by atoms with Gasteiger partial charge in [0.25, 0.3) is 5.91 Å². The monoisotopic (exact) mass is 469 g/mol. The molecule has 3 rings (SSSR count). The van der Waals surface area contributed by atoms with Gasteiger partial charge in [-0.1, -0.05) is 0 Å². The number of benzene rings is 1. The van der Waals surface area contributed by atoms with Gasteiger partial charge in [-0.2, -0.15) is 18.2 Å². The summed E-state index contributed by atoms with van der Waals surface area (Å²) in [5, 5.41) is 5.28. The highest BCUT2D eigenvalue weighted by Gasteiger charge is 2.35. The topological polar surface area (TPSA) is 79.4 Å². The first-order valence-corrected chi connectivity index (χ1v) is 10.8. The average Bonchev–Trinajstić information content (AvgIpc) is 2.76. The van der Waals surface area contributed by atoms with Crippen LogP contribution in [0.5, 0.6) is 5.75 Å². The number of anilines is 3. The minimum atomic E-state index is -4.63. The molecular formula is C22H27F4N5O2. The van der Waals surface area contributed by atoms with Gasteiger partial charge in [-0.05, 0) is 52.2 Å². The Bertz CT molecular complexity index is 991. The van der Waals surface area contributed by atoms with Crippen molar-refractivity contribution in [2.24, 2.45) is 0 Å². The molecule has 11 heteroatoms. The number of likely N-dealkylation sites (tertiary alicyclic amines) is 1. The Morgan fingerprint density at radius 1 is 1.21 bits per heavy atom. The van der Waals surface area contributed by atoms with Gasteiger partial charge in [-0.3, -0.25) is 4.79 Å². The summed E-state index contributed by atoms with van der Waals surface area (Å²) in [6.07, 6.45) is -1.65. The van der Waals surface area contributed by atoms with Crippen molar-refractivity contribution in [2.75, 3.05) is 30.3 Å². The number of ether oxygens (including phenoxy) is 1. The molecule has 180 valence electrons. The second kappa shape index (κ2) is 10.2. The molecule has 1 aromatic carbocycles. The molecular weight excluding hydrogens is 442 g/mol. The van der Waals surface area contributed by atoms with Crippen LogP contribution >= 0.6 is 0 Å². The average molecular weight is 469 g/mol. The van der Waals surface area contributed by atoms with Crippen molar-refractivity contribution in [2.45, 2.75) is 52.3 Å². The molecule has 2 heterocycles. The van der Waals surface area contributed by atoms with Gasteiger partial charge in [0.15, 0.2) is 11.6 Å². The molecule has 0 aliphatic carbocycles. The molecule has 0 spiro atoms. The molecule has 0 bridgehead atoms. The third-order valence-corrected chi connectivity index (χ3v) is 5.01. The highest BCUT2D eigenvalue weighted by Crippen LogP contribution is 2.36. The van der Waals surface area contributed by atoms with Crippen molar-refractivity contribution in [1.29, 1.82) is 0 Å². The van der Waals surface area contributed by atoms with Crippen LogP contribution in [0.25, 0.3) is 0 Å². The summed E-state index contributed by atoms with van der Waals surface area (Å²) in [7, 11) is 0. The summed E-state index contributed by atoms with van der Waals surface area (Å²) in [6.45, 7) is 6.36. The van der Waals surface area contributed by atoms with Gasteiger partial charge in [-0.25, -0.2) is 9.37 Å². The van der Waals surface area contributed by atoms with Crippen LogP contribution in [0, 0.1) is 5.82 Å². The zero-order valence-corrected chi connectivity index (χ0v) is 18.7. The summed E-state index contributed by atoms with van der Waals surface area (Å²) in [6, 6.07) is 2.77. The smallest absolute Gasteiger partial charge is 0.421 e. The Morgan fingerprint density at radius 2 is 1.91 bits per heavy atom. The third-order valence-electron chi connectivity index (χ3n) is 5.01. The second-order valence-electron chi connectivity index (χ2n) is 7.93. The fraction of sp³-hybridized carbons (Fsp3) is 0.500. The summed E-state index contributed by atoms with van der Waals surface area (Å²) < 4.78 is 60.7. The number of hydrogen-bond donors (Lipinski definition) is 2. The number of nitrogens with zero attached hydrogens (tertiary/aromatic N) is 3. The lowest BCUT2D eigenvalue weighted by molar-refractivity contribution is -0.137. The van der Waals surface area contributed by atoms with Gasteiger partial charge in [0.05, 0.1) is 17.4 Å². The molecule has 33 heavy (non-hydrogen) atoms. The number of hydrogen-bond acceptors (Lipinski definition) is 6. The highest BCUT2D eigenvalue weighted by atomic mass is 19.4. The van der Waals surface area contributed by atoms with E-state index in [4.69, 9.17) is 4.74 Å². The molecule has 1 aliphatic rings. The Labute approximate surface area is 189 Å². The number of rotatable bonds is 7. The van der Waals surface area contributed by atoms with Crippen LogP contribution < -0.4 is 15.4 Å². The minimum Gasteiger partial charge on any atom is -0.486 e. The lowest BCUT2D eigenvalue weighted by Gasteiger charge is -2.27. The van der Waals surface area contributed by atoms with Crippen molar-refractivity contribution >= 4 is 23.4 Å². The predicted octanol–water partition coefficient (Wildman–Crippen LogP) is 5.22. The Kier molecular flexibility index (Phi) is 7.60. The van der Waals surface area contributed by atoms with Crippen molar-refractivity contribution in [3.05, 3.63) is 35.3 Å². The third kappa shape index (κ3) is 5.82. The summed E-state index contributed by atoms with van der Waals surface area (Å²) >= 11 is 0. The molecule has 1 aliphatic heterocycles. The number of aromatic nitrogens is 2. The number of nitrogens with one attached hydrogen (secondary N) is 2. The first-order valence-electron chi connectivity index (χ1n) is 10.8. The van der Waals surface area contributed by atoms with Gasteiger partial charge < -0.3 is 20.3 Å². The highest BCUT2D eigenvalue weighted by molar-refractivity contribution is 5.96. The van der Waals surface area contributed by atoms with Crippen LogP contribution in [0.3, 0.4) is 0 Å². The van der Waals surface area contributed by atoms with E-state index in [1.807, 2.05) is 0 Å². The van der Waals surface area contributed by atoms with Crippen molar-refractivity contribution in [1.82, 2.24) is 14.9 Å². The first kappa shape index (κ1) is 24.5. The second-order valence-corrected chi connectivity index (χ2v) is 7.93. The summed E-state index contributed by atoms with van der Waals surface area (Å²) in [5.74, 6) is -2.06. The molecule has 1 fully saturated rings. The van der Waals surface area contributed by atoms with E-state index in [-0.39, 0.29) is 29.5 Å². The van der Waals surface area contributed by atoms with Crippen LogP contribution in [0.15, 0.2) is 18.3 Å². The number of carbonyl (C=O) groups is 1. The number of piperidine rings is 1. The lowest BCUT2D eigenvalue weighted by atomic mass is 10.1. The van der Waals surface area contributed by atoms with Crippen LogP contribution in [-0.2, 0) is 6.18 Å². The Morgan fingerprint density at radius 3 is 2.52 bits per heavy atom. The van der Waals surface area contributed by atoms with Crippen molar-refractivity contribution in [3.63, 3.8) is 0 Å². The molecule has 2 aromatic rings. The molecule has 1 amide bonds. The van der Waals surface area contributed by atoms with Gasteiger partial charge in [0.2, 0.25) is 5.95 Å². The van der Waals surface area contributed by atoms with E-state index in [1.165, 1.54) is 12.1 Å². The Balaban J connectivity index is 1.96. The molecule has 1 saturated heterocycles.